The van der Waals surface area contributed by atoms with Crippen LogP contribution in [-0.2, 0) is 15.8 Å². The minimum Gasteiger partial charge on any atom is -0.224 e. The monoisotopic (exact) mass is 234 g/mol. The molecule has 0 spiro atoms. The molecule has 0 aliphatic heterocycles. The molecule has 15 heavy (non-hydrogen) atoms. The average molecular weight is 234 g/mol. The van der Waals surface area contributed by atoms with Crippen LogP contribution in [0.1, 0.15) is 19.4 Å². The number of benzene rings is 1. The van der Waals surface area contributed by atoms with E-state index in [0.29, 0.717) is 0 Å². The lowest BCUT2D eigenvalue weighted by molar-refractivity contribution is 0.0174. The highest BCUT2D eigenvalue weighted by Crippen LogP contribution is 2.27. The third-order valence-electron chi connectivity index (χ3n) is 2.10. The predicted octanol–water partition coefficient (Wildman–Crippen LogP) is 2.59. The zero-order valence-corrected chi connectivity index (χ0v) is 9.31. The van der Waals surface area contributed by atoms with Gasteiger partial charge in [0.15, 0.2) is 9.84 Å². The van der Waals surface area contributed by atoms with Gasteiger partial charge < -0.3 is 0 Å². The molecule has 0 atom stereocenters. The van der Waals surface area contributed by atoms with Crippen LogP contribution in [0, 0.1) is 0 Å². The lowest BCUT2D eigenvalue weighted by atomic mass is 10.1. The van der Waals surface area contributed by atoms with E-state index in [1.54, 1.807) is 0 Å². The molecule has 0 bridgehead atoms. The molecule has 0 fully saturated rings. The fourth-order valence-electron chi connectivity index (χ4n) is 1.12. The molecule has 1 rings (SSSR count). The minimum atomic E-state index is -3.31. The lowest BCUT2D eigenvalue weighted by Gasteiger charge is -2.10. The van der Waals surface area contributed by atoms with E-state index in [1.165, 1.54) is 19.1 Å². The Bertz CT molecular complexity index is 429. The lowest BCUT2D eigenvalue weighted by Crippen LogP contribution is -2.08. The van der Waals surface area contributed by atoms with Gasteiger partial charge in [0.05, 0.1) is 10.6 Å². The first-order valence-electron chi connectivity index (χ1n) is 4.48. The molecule has 1 aromatic rings. The molecular weight excluding hydrogens is 222 g/mol. The summed E-state index contributed by atoms with van der Waals surface area (Å²) < 4.78 is 48.4. The predicted molar refractivity (Wildman–Crippen MR) is 53.7 cm³/mol. The second kappa shape index (κ2) is 3.89. The van der Waals surface area contributed by atoms with Gasteiger partial charge in [-0.25, -0.2) is 17.2 Å². The number of halogens is 2. The molecule has 0 saturated heterocycles. The Morgan fingerprint density at radius 3 is 2.00 bits per heavy atom. The summed E-state index contributed by atoms with van der Waals surface area (Å²) in [6.45, 7) is 2.29. The van der Waals surface area contributed by atoms with Crippen molar-refractivity contribution < 1.29 is 17.2 Å². The first-order chi connectivity index (χ1) is 6.77. The normalized spacial score (nSPS) is 12.8. The van der Waals surface area contributed by atoms with Gasteiger partial charge in [0.1, 0.15) is 0 Å². The Hall–Kier alpha value is -0.970. The van der Waals surface area contributed by atoms with E-state index < -0.39 is 15.8 Å². The van der Waals surface area contributed by atoms with E-state index >= 15 is 0 Å². The van der Waals surface area contributed by atoms with Gasteiger partial charge in [-0.2, -0.15) is 0 Å². The average Bonchev–Trinajstić information content (AvgIpc) is 2.17. The molecule has 0 saturated carbocycles. The van der Waals surface area contributed by atoms with Gasteiger partial charge in [-0.05, 0) is 12.1 Å². The number of alkyl halides is 2. The van der Waals surface area contributed by atoms with Crippen molar-refractivity contribution in [3.05, 3.63) is 29.8 Å². The number of sulfone groups is 1. The van der Waals surface area contributed by atoms with Crippen LogP contribution in [0.15, 0.2) is 29.2 Å². The van der Waals surface area contributed by atoms with Gasteiger partial charge in [0.2, 0.25) is 0 Å². The molecular formula is C10H12F2O2S. The van der Waals surface area contributed by atoms with E-state index in [9.17, 15) is 17.2 Å². The second-order valence-corrected chi connectivity index (χ2v) is 5.59. The molecule has 0 N–H and O–H groups in total. The number of rotatable bonds is 3. The fraction of sp³-hybridized carbons (Fsp3) is 0.400. The van der Waals surface area contributed by atoms with Crippen molar-refractivity contribution in [3.8, 4) is 0 Å². The van der Waals surface area contributed by atoms with Crippen molar-refractivity contribution >= 4 is 9.84 Å². The van der Waals surface area contributed by atoms with Crippen LogP contribution in [0.5, 0.6) is 0 Å². The summed E-state index contributed by atoms with van der Waals surface area (Å²) in [5, 5.41) is 0. The maximum absolute atomic E-state index is 12.8. The molecule has 0 heterocycles. The van der Waals surface area contributed by atoms with E-state index in [1.807, 2.05) is 0 Å². The summed E-state index contributed by atoms with van der Waals surface area (Å²) in [6, 6.07) is 4.71. The molecule has 0 radical (unpaired) electrons. The van der Waals surface area contributed by atoms with Crippen LogP contribution in [-0.4, -0.2) is 14.2 Å². The quantitative estimate of drug-likeness (QED) is 0.805. The van der Waals surface area contributed by atoms with Crippen molar-refractivity contribution in [1.29, 1.82) is 0 Å². The van der Waals surface area contributed by atoms with Gasteiger partial charge in [0.25, 0.3) is 5.92 Å². The molecule has 0 aliphatic carbocycles. The highest BCUT2D eigenvalue weighted by atomic mass is 32.2. The molecule has 1 aromatic carbocycles. The zero-order valence-electron chi connectivity index (χ0n) is 8.50. The van der Waals surface area contributed by atoms with Crippen molar-refractivity contribution in [2.75, 3.05) is 5.75 Å². The Morgan fingerprint density at radius 2 is 1.67 bits per heavy atom. The Morgan fingerprint density at radius 1 is 1.20 bits per heavy atom. The molecule has 0 aliphatic rings. The summed E-state index contributed by atoms with van der Waals surface area (Å²) >= 11 is 0. The van der Waals surface area contributed by atoms with Gasteiger partial charge >= 0.3 is 0 Å². The van der Waals surface area contributed by atoms with Crippen molar-refractivity contribution in [2.45, 2.75) is 24.7 Å². The molecule has 2 nitrogen and oxygen atoms in total. The summed E-state index contributed by atoms with van der Waals surface area (Å²) in [4.78, 5) is 0.0815. The number of hydrogen-bond donors (Lipinski definition) is 0. The molecule has 0 amide bonds. The van der Waals surface area contributed by atoms with Gasteiger partial charge in [-0.3, -0.25) is 0 Å². The summed E-state index contributed by atoms with van der Waals surface area (Å²) in [5.74, 6) is -2.97. The van der Waals surface area contributed by atoms with Gasteiger partial charge in [0, 0.05) is 12.5 Å². The van der Waals surface area contributed by atoms with Crippen LogP contribution in [0.4, 0.5) is 8.78 Å². The minimum absolute atomic E-state index is 0.0329. The fourth-order valence-corrected chi connectivity index (χ4v) is 2.01. The third-order valence-corrected chi connectivity index (χ3v) is 3.85. The largest absolute Gasteiger partial charge is 0.270 e. The smallest absolute Gasteiger partial charge is 0.224 e. The number of hydrogen-bond acceptors (Lipinski definition) is 2. The third kappa shape index (κ3) is 2.75. The molecule has 5 heteroatoms. The van der Waals surface area contributed by atoms with Crippen LogP contribution >= 0.6 is 0 Å². The highest BCUT2D eigenvalue weighted by Gasteiger charge is 2.24. The first-order valence-corrected chi connectivity index (χ1v) is 6.13. The first kappa shape index (κ1) is 12.1. The summed E-state index contributed by atoms with van der Waals surface area (Å²) in [6.07, 6.45) is 0. The Balaban J connectivity index is 3.12. The van der Waals surface area contributed by atoms with Crippen molar-refractivity contribution in [2.24, 2.45) is 0 Å². The Labute approximate surface area is 87.8 Å². The Kier molecular flexibility index (Phi) is 3.13. The van der Waals surface area contributed by atoms with Gasteiger partial charge in [-0.15, -0.1) is 0 Å². The van der Waals surface area contributed by atoms with Gasteiger partial charge in [-0.1, -0.05) is 19.1 Å². The van der Waals surface area contributed by atoms with Crippen molar-refractivity contribution in [3.63, 3.8) is 0 Å². The van der Waals surface area contributed by atoms with Crippen molar-refractivity contribution in [1.82, 2.24) is 0 Å². The summed E-state index contributed by atoms with van der Waals surface area (Å²) in [7, 11) is -3.31. The van der Waals surface area contributed by atoms with E-state index in [2.05, 4.69) is 0 Å². The maximum Gasteiger partial charge on any atom is 0.270 e. The van der Waals surface area contributed by atoms with E-state index in [-0.39, 0.29) is 16.2 Å². The highest BCUT2D eigenvalue weighted by molar-refractivity contribution is 7.91. The second-order valence-electron chi connectivity index (χ2n) is 3.32. The zero-order chi connectivity index (χ0) is 11.7. The molecule has 84 valence electrons. The van der Waals surface area contributed by atoms with Crippen LogP contribution in [0.2, 0.25) is 0 Å². The van der Waals surface area contributed by atoms with E-state index in [0.717, 1.165) is 19.1 Å². The van der Waals surface area contributed by atoms with E-state index in [4.69, 9.17) is 0 Å². The van der Waals surface area contributed by atoms with Crippen LogP contribution in [0.25, 0.3) is 0 Å². The SMILES string of the molecule is CCS(=O)(=O)c1ccc(C(C)(F)F)cc1. The molecule has 0 unspecified atom stereocenters. The topological polar surface area (TPSA) is 34.1 Å². The van der Waals surface area contributed by atoms with Crippen LogP contribution in [0.3, 0.4) is 0 Å². The molecule has 0 aromatic heterocycles. The standard InChI is InChI=1S/C10H12F2O2S/c1-3-15(13,14)9-6-4-8(5-7-9)10(2,11)12/h4-7H,3H2,1-2H3. The van der Waals surface area contributed by atoms with Crippen LogP contribution < -0.4 is 0 Å². The maximum atomic E-state index is 12.8. The summed E-state index contributed by atoms with van der Waals surface area (Å²) in [5.41, 5.74) is -0.183.